The molecular formula is C22H22ClNO3. The van der Waals surface area contributed by atoms with Gasteiger partial charge in [-0.3, -0.25) is 4.79 Å². The van der Waals surface area contributed by atoms with Crippen LogP contribution in [0.2, 0.25) is 5.02 Å². The van der Waals surface area contributed by atoms with Crippen LogP contribution in [0.15, 0.2) is 47.1 Å². The fraction of sp³-hybridized carbons (Fsp3) is 0.227. The first-order valence-corrected chi connectivity index (χ1v) is 9.18. The van der Waals surface area contributed by atoms with Crippen LogP contribution in [-0.2, 0) is 4.79 Å². The number of carbonyl (C=O) groups is 1. The molecule has 1 aromatic heterocycles. The largest absolute Gasteiger partial charge is 0.493 e. The Morgan fingerprint density at radius 2 is 1.96 bits per heavy atom. The Morgan fingerprint density at radius 1 is 1.26 bits per heavy atom. The summed E-state index contributed by atoms with van der Waals surface area (Å²) in [5.41, 5.74) is 5.20. The van der Waals surface area contributed by atoms with Crippen molar-refractivity contribution in [1.29, 1.82) is 0 Å². The minimum absolute atomic E-state index is 0.209. The number of aryl methyl sites for hydroxylation is 2. The summed E-state index contributed by atoms with van der Waals surface area (Å²) in [4.78, 5) is 12.4. The number of halogens is 1. The van der Waals surface area contributed by atoms with Gasteiger partial charge in [0.05, 0.1) is 12.9 Å². The highest BCUT2D eigenvalue weighted by atomic mass is 35.5. The molecule has 0 aliphatic heterocycles. The number of amides is 1. The maximum Gasteiger partial charge on any atom is 0.248 e. The van der Waals surface area contributed by atoms with Gasteiger partial charge in [0.1, 0.15) is 11.3 Å². The number of fused-ring (bicyclic) bond motifs is 1. The van der Waals surface area contributed by atoms with Crippen LogP contribution >= 0.6 is 11.6 Å². The molecule has 2 aromatic carbocycles. The van der Waals surface area contributed by atoms with Crippen molar-refractivity contribution in [3.63, 3.8) is 0 Å². The zero-order valence-corrected chi connectivity index (χ0v) is 16.6. The summed E-state index contributed by atoms with van der Waals surface area (Å²) in [7, 11) is 0. The van der Waals surface area contributed by atoms with Crippen molar-refractivity contribution >= 4 is 39.7 Å². The second kappa shape index (κ2) is 7.89. The van der Waals surface area contributed by atoms with Crippen LogP contribution in [0.4, 0.5) is 5.69 Å². The van der Waals surface area contributed by atoms with E-state index >= 15 is 0 Å². The van der Waals surface area contributed by atoms with E-state index in [1.54, 1.807) is 36.6 Å². The average molecular weight is 384 g/mol. The van der Waals surface area contributed by atoms with Crippen LogP contribution in [0.5, 0.6) is 5.75 Å². The first-order chi connectivity index (χ1) is 12.9. The summed E-state index contributed by atoms with van der Waals surface area (Å²) in [6.07, 6.45) is 3.32. The number of hydrogen-bond acceptors (Lipinski definition) is 3. The molecule has 1 amide bonds. The normalized spacial score (nSPS) is 11.7. The number of carbonyl (C=O) groups excluding carboxylic acids is 1. The summed E-state index contributed by atoms with van der Waals surface area (Å²) in [5, 5.41) is 4.50. The Balaban J connectivity index is 1.97. The van der Waals surface area contributed by atoms with E-state index in [0.717, 1.165) is 39.0 Å². The van der Waals surface area contributed by atoms with E-state index in [4.69, 9.17) is 20.8 Å². The summed E-state index contributed by atoms with van der Waals surface area (Å²) < 4.78 is 11.6. The van der Waals surface area contributed by atoms with Gasteiger partial charge in [0.15, 0.2) is 0 Å². The van der Waals surface area contributed by atoms with Crippen LogP contribution in [-0.4, -0.2) is 12.5 Å². The molecule has 0 spiro atoms. The number of ether oxygens (including phenoxy) is 1. The van der Waals surface area contributed by atoms with E-state index in [9.17, 15) is 4.79 Å². The molecule has 0 aliphatic carbocycles. The molecule has 1 heterocycles. The van der Waals surface area contributed by atoms with Gasteiger partial charge >= 0.3 is 0 Å². The fourth-order valence-electron chi connectivity index (χ4n) is 3.05. The van der Waals surface area contributed by atoms with Crippen LogP contribution in [0.25, 0.3) is 16.5 Å². The van der Waals surface area contributed by atoms with Gasteiger partial charge in [0, 0.05) is 33.3 Å². The molecule has 0 saturated heterocycles. The minimum Gasteiger partial charge on any atom is -0.493 e. The van der Waals surface area contributed by atoms with Gasteiger partial charge in [-0.25, -0.2) is 0 Å². The molecule has 0 aliphatic rings. The van der Waals surface area contributed by atoms with Crippen molar-refractivity contribution < 1.29 is 13.9 Å². The van der Waals surface area contributed by atoms with Gasteiger partial charge in [0.25, 0.3) is 0 Å². The molecule has 140 valence electrons. The molecule has 0 radical (unpaired) electrons. The van der Waals surface area contributed by atoms with Crippen molar-refractivity contribution in [1.82, 2.24) is 0 Å². The molecule has 0 saturated carbocycles. The van der Waals surface area contributed by atoms with Crippen LogP contribution < -0.4 is 10.1 Å². The Hall–Kier alpha value is -2.72. The summed E-state index contributed by atoms with van der Waals surface area (Å²) in [6, 6.07) is 9.02. The predicted molar refractivity (Wildman–Crippen MR) is 111 cm³/mol. The first kappa shape index (κ1) is 19.1. The van der Waals surface area contributed by atoms with E-state index in [0.29, 0.717) is 17.3 Å². The Bertz CT molecular complexity index is 1020. The average Bonchev–Trinajstić information content (AvgIpc) is 3.00. The quantitative estimate of drug-likeness (QED) is 0.538. The molecule has 0 fully saturated rings. The Kier molecular flexibility index (Phi) is 5.57. The second-order valence-electron chi connectivity index (χ2n) is 6.43. The SMILES string of the molecule is CCOc1c(/C(C)=C/C(=O)Nc2ccc(Cl)cc2)cc2c(C)coc2c1C. The zero-order chi connectivity index (χ0) is 19.6. The molecule has 0 bridgehead atoms. The van der Waals surface area contributed by atoms with E-state index in [1.165, 1.54) is 0 Å². The third-order valence-corrected chi connectivity index (χ3v) is 4.66. The first-order valence-electron chi connectivity index (χ1n) is 8.80. The van der Waals surface area contributed by atoms with Crippen molar-refractivity contribution in [2.24, 2.45) is 0 Å². The molecule has 5 heteroatoms. The predicted octanol–water partition coefficient (Wildman–Crippen LogP) is 6.14. The number of benzene rings is 2. The number of allylic oxidation sites excluding steroid dienone is 1. The lowest BCUT2D eigenvalue weighted by molar-refractivity contribution is -0.111. The van der Waals surface area contributed by atoms with E-state index in [2.05, 4.69) is 5.32 Å². The molecule has 0 unspecified atom stereocenters. The van der Waals surface area contributed by atoms with Crippen LogP contribution in [0, 0.1) is 13.8 Å². The smallest absolute Gasteiger partial charge is 0.248 e. The standard InChI is InChI=1S/C22H22ClNO3/c1-5-26-21-15(4)22-19(14(3)12-27-22)11-18(21)13(2)10-20(25)24-17-8-6-16(23)7-9-17/h6-12H,5H2,1-4H3,(H,24,25)/b13-10+. The van der Waals surface area contributed by atoms with Gasteiger partial charge in [-0.1, -0.05) is 11.6 Å². The molecule has 3 rings (SSSR count). The summed E-state index contributed by atoms with van der Waals surface area (Å²) in [6.45, 7) is 8.35. The number of furan rings is 1. The number of rotatable bonds is 5. The lowest BCUT2D eigenvalue weighted by Gasteiger charge is -2.14. The van der Waals surface area contributed by atoms with Crippen molar-refractivity contribution in [2.45, 2.75) is 27.7 Å². The number of hydrogen-bond donors (Lipinski definition) is 1. The molecule has 1 N–H and O–H groups in total. The molecule has 3 aromatic rings. The van der Waals surface area contributed by atoms with E-state index in [-0.39, 0.29) is 5.91 Å². The van der Waals surface area contributed by atoms with Crippen molar-refractivity contribution in [3.8, 4) is 5.75 Å². The maximum absolute atomic E-state index is 12.4. The fourth-order valence-corrected chi connectivity index (χ4v) is 3.17. The topological polar surface area (TPSA) is 51.5 Å². The third-order valence-electron chi connectivity index (χ3n) is 4.41. The van der Waals surface area contributed by atoms with Gasteiger partial charge in [-0.2, -0.15) is 0 Å². The van der Waals surface area contributed by atoms with Crippen LogP contribution in [0.3, 0.4) is 0 Å². The summed E-state index contributed by atoms with van der Waals surface area (Å²) >= 11 is 5.88. The lowest BCUT2D eigenvalue weighted by Crippen LogP contribution is -2.08. The number of nitrogens with one attached hydrogen (secondary N) is 1. The minimum atomic E-state index is -0.209. The highest BCUT2D eigenvalue weighted by Gasteiger charge is 2.17. The van der Waals surface area contributed by atoms with Gasteiger partial charge in [-0.05, 0) is 69.2 Å². The van der Waals surface area contributed by atoms with Gasteiger partial charge in [0.2, 0.25) is 5.91 Å². The molecule has 0 atom stereocenters. The third kappa shape index (κ3) is 4.01. The molecule has 27 heavy (non-hydrogen) atoms. The van der Waals surface area contributed by atoms with E-state index < -0.39 is 0 Å². The Morgan fingerprint density at radius 3 is 2.63 bits per heavy atom. The zero-order valence-electron chi connectivity index (χ0n) is 15.9. The maximum atomic E-state index is 12.4. The molecule has 4 nitrogen and oxygen atoms in total. The highest BCUT2D eigenvalue weighted by molar-refractivity contribution is 6.30. The van der Waals surface area contributed by atoms with Crippen molar-refractivity contribution in [3.05, 3.63) is 64.4 Å². The van der Waals surface area contributed by atoms with Crippen LogP contribution in [0.1, 0.15) is 30.5 Å². The molecular weight excluding hydrogens is 362 g/mol. The van der Waals surface area contributed by atoms with Gasteiger partial charge in [-0.15, -0.1) is 0 Å². The second-order valence-corrected chi connectivity index (χ2v) is 6.87. The Labute approximate surface area is 163 Å². The lowest BCUT2D eigenvalue weighted by atomic mass is 9.98. The van der Waals surface area contributed by atoms with Gasteiger partial charge < -0.3 is 14.5 Å². The summed E-state index contributed by atoms with van der Waals surface area (Å²) in [5.74, 6) is 0.534. The highest BCUT2D eigenvalue weighted by Crippen LogP contribution is 2.37. The van der Waals surface area contributed by atoms with Crippen molar-refractivity contribution in [2.75, 3.05) is 11.9 Å². The number of anilines is 1. The monoisotopic (exact) mass is 383 g/mol. The van der Waals surface area contributed by atoms with E-state index in [1.807, 2.05) is 33.8 Å².